The number of nitrogens with zero attached hydrogens (tertiary/aromatic N) is 2. The molecule has 2 aliphatic heterocycles. The first-order valence-corrected chi connectivity index (χ1v) is 6.06. The Morgan fingerprint density at radius 3 is 2.83 bits per heavy atom. The van der Waals surface area contributed by atoms with Crippen LogP contribution in [0.15, 0.2) is 10.7 Å². The molecule has 0 aromatic carbocycles. The molecule has 2 aliphatic rings. The van der Waals surface area contributed by atoms with E-state index in [4.69, 9.17) is 9.63 Å². The minimum Gasteiger partial charge on any atom is -0.481 e. The molecule has 0 spiro atoms. The van der Waals surface area contributed by atoms with E-state index in [1.54, 1.807) is 11.8 Å². The molecule has 1 N–H and O–H groups in total. The first-order valence-electron chi connectivity index (χ1n) is 6.06. The zero-order chi connectivity index (χ0) is 12.9. The lowest BCUT2D eigenvalue weighted by atomic mass is 9.89. The maximum atomic E-state index is 12.4. The molecule has 1 amide bonds. The second-order valence-corrected chi connectivity index (χ2v) is 5.03. The van der Waals surface area contributed by atoms with Crippen LogP contribution in [0.1, 0.15) is 35.4 Å². The number of carbonyl (C=O) groups is 2. The molecule has 2 saturated heterocycles. The van der Waals surface area contributed by atoms with Crippen LogP contribution in [0, 0.1) is 12.8 Å². The van der Waals surface area contributed by atoms with Crippen LogP contribution in [0.25, 0.3) is 0 Å². The van der Waals surface area contributed by atoms with Gasteiger partial charge in [-0.25, -0.2) is 0 Å². The Hall–Kier alpha value is -1.85. The highest BCUT2D eigenvalue weighted by Gasteiger charge is 2.52. The van der Waals surface area contributed by atoms with Crippen molar-refractivity contribution in [2.24, 2.45) is 5.92 Å². The van der Waals surface area contributed by atoms with Gasteiger partial charge in [-0.1, -0.05) is 5.16 Å². The van der Waals surface area contributed by atoms with Crippen LogP contribution >= 0.6 is 0 Å². The van der Waals surface area contributed by atoms with Crippen LogP contribution in [0.5, 0.6) is 0 Å². The van der Waals surface area contributed by atoms with E-state index >= 15 is 0 Å². The number of aliphatic carboxylic acids is 1. The summed E-state index contributed by atoms with van der Waals surface area (Å²) in [5, 5.41) is 12.7. The van der Waals surface area contributed by atoms with Gasteiger partial charge in [0.15, 0.2) is 0 Å². The number of carbonyl (C=O) groups excluding carboxylic acids is 1. The fourth-order valence-electron chi connectivity index (χ4n) is 3.18. The van der Waals surface area contributed by atoms with Crippen LogP contribution in [0.2, 0.25) is 0 Å². The molecule has 3 atom stereocenters. The van der Waals surface area contributed by atoms with Crippen molar-refractivity contribution in [2.75, 3.05) is 0 Å². The SMILES string of the molecule is Cc1cnoc1C(=O)N1C2CCC1C(C(=O)O)C2. The fraction of sp³-hybridized carbons (Fsp3) is 0.583. The summed E-state index contributed by atoms with van der Waals surface area (Å²) < 4.78 is 4.97. The number of amides is 1. The minimum atomic E-state index is -0.811. The number of aryl methyl sites for hydroxylation is 1. The number of carboxylic acids is 1. The van der Waals surface area contributed by atoms with E-state index in [0.29, 0.717) is 12.0 Å². The zero-order valence-electron chi connectivity index (χ0n) is 10.00. The largest absolute Gasteiger partial charge is 0.481 e. The predicted molar refractivity (Wildman–Crippen MR) is 60.0 cm³/mol. The second-order valence-electron chi connectivity index (χ2n) is 5.03. The number of hydrogen-bond acceptors (Lipinski definition) is 4. The van der Waals surface area contributed by atoms with Gasteiger partial charge >= 0.3 is 5.97 Å². The van der Waals surface area contributed by atoms with Crippen molar-refractivity contribution in [3.8, 4) is 0 Å². The Labute approximate surface area is 104 Å². The summed E-state index contributed by atoms with van der Waals surface area (Å²) in [6.07, 6.45) is 3.70. The van der Waals surface area contributed by atoms with Crippen LogP contribution in [0.3, 0.4) is 0 Å². The highest BCUT2D eigenvalue weighted by Crippen LogP contribution is 2.42. The smallest absolute Gasteiger partial charge is 0.308 e. The Balaban J connectivity index is 1.88. The number of carboxylic acid groups (broad SMARTS) is 1. The van der Waals surface area contributed by atoms with Gasteiger partial charge < -0.3 is 14.5 Å². The first kappa shape index (κ1) is 11.3. The molecule has 3 heterocycles. The van der Waals surface area contributed by atoms with E-state index in [-0.39, 0.29) is 23.8 Å². The van der Waals surface area contributed by atoms with Gasteiger partial charge in [-0.2, -0.15) is 0 Å². The van der Waals surface area contributed by atoms with E-state index in [2.05, 4.69) is 5.16 Å². The van der Waals surface area contributed by atoms with Crippen LogP contribution in [0.4, 0.5) is 0 Å². The van der Waals surface area contributed by atoms with Crippen LogP contribution in [-0.2, 0) is 4.79 Å². The van der Waals surface area contributed by atoms with Crippen molar-refractivity contribution in [3.63, 3.8) is 0 Å². The molecule has 18 heavy (non-hydrogen) atoms. The summed E-state index contributed by atoms with van der Waals surface area (Å²) in [5.41, 5.74) is 0.693. The van der Waals surface area contributed by atoms with E-state index in [9.17, 15) is 9.59 Å². The third-order valence-corrected chi connectivity index (χ3v) is 4.03. The molecule has 6 nitrogen and oxygen atoms in total. The van der Waals surface area contributed by atoms with Crippen LogP contribution < -0.4 is 0 Å². The van der Waals surface area contributed by atoms with Gasteiger partial charge in [-0.3, -0.25) is 9.59 Å². The van der Waals surface area contributed by atoms with Gasteiger partial charge in [0.25, 0.3) is 5.91 Å². The maximum absolute atomic E-state index is 12.4. The quantitative estimate of drug-likeness (QED) is 0.848. The Bertz CT molecular complexity index is 510. The number of hydrogen-bond donors (Lipinski definition) is 1. The van der Waals surface area contributed by atoms with Crippen molar-refractivity contribution < 1.29 is 19.2 Å². The summed E-state index contributed by atoms with van der Waals surface area (Å²) in [6, 6.07) is -0.155. The summed E-state index contributed by atoms with van der Waals surface area (Å²) in [6.45, 7) is 1.76. The molecule has 0 saturated carbocycles. The van der Waals surface area contributed by atoms with Crippen molar-refractivity contribution in [2.45, 2.75) is 38.3 Å². The lowest BCUT2D eigenvalue weighted by molar-refractivity contribution is -0.142. The number of rotatable bonds is 2. The van der Waals surface area contributed by atoms with E-state index in [0.717, 1.165) is 12.8 Å². The van der Waals surface area contributed by atoms with Crippen molar-refractivity contribution in [1.82, 2.24) is 10.1 Å². The molecule has 2 bridgehead atoms. The monoisotopic (exact) mass is 250 g/mol. The van der Waals surface area contributed by atoms with E-state index in [1.165, 1.54) is 6.20 Å². The predicted octanol–water partition coefficient (Wildman–Crippen LogP) is 1.06. The minimum absolute atomic E-state index is 0.0353. The second kappa shape index (κ2) is 3.83. The third kappa shape index (κ3) is 1.45. The Morgan fingerprint density at radius 1 is 1.50 bits per heavy atom. The number of aromatic nitrogens is 1. The molecule has 3 rings (SSSR count). The van der Waals surface area contributed by atoms with E-state index in [1.807, 2.05) is 0 Å². The summed E-state index contributed by atoms with van der Waals surface area (Å²) >= 11 is 0. The average molecular weight is 250 g/mol. The van der Waals surface area contributed by atoms with Gasteiger partial charge in [0.1, 0.15) is 0 Å². The van der Waals surface area contributed by atoms with Crippen molar-refractivity contribution in [3.05, 3.63) is 17.5 Å². The molecule has 3 unspecified atom stereocenters. The summed E-state index contributed by atoms with van der Waals surface area (Å²) in [5.74, 6) is -1.23. The lowest BCUT2D eigenvalue weighted by Crippen LogP contribution is -2.38. The molecule has 6 heteroatoms. The van der Waals surface area contributed by atoms with Crippen LogP contribution in [-0.4, -0.2) is 39.1 Å². The van der Waals surface area contributed by atoms with E-state index < -0.39 is 11.9 Å². The van der Waals surface area contributed by atoms with Gasteiger partial charge in [-0.15, -0.1) is 0 Å². The molecular weight excluding hydrogens is 236 g/mol. The van der Waals surface area contributed by atoms with Crippen molar-refractivity contribution in [1.29, 1.82) is 0 Å². The van der Waals surface area contributed by atoms with Gasteiger partial charge in [0.05, 0.1) is 12.1 Å². The molecule has 0 aliphatic carbocycles. The zero-order valence-corrected chi connectivity index (χ0v) is 10.00. The molecule has 96 valence electrons. The fourth-order valence-corrected chi connectivity index (χ4v) is 3.18. The normalized spacial score (nSPS) is 29.8. The molecule has 1 aromatic rings. The highest BCUT2D eigenvalue weighted by molar-refractivity contribution is 5.94. The maximum Gasteiger partial charge on any atom is 0.308 e. The Morgan fingerprint density at radius 2 is 2.28 bits per heavy atom. The number of fused-ring (bicyclic) bond motifs is 2. The molecule has 2 fully saturated rings. The van der Waals surface area contributed by atoms with Crippen molar-refractivity contribution >= 4 is 11.9 Å². The topological polar surface area (TPSA) is 83.6 Å². The summed E-state index contributed by atoms with van der Waals surface area (Å²) in [4.78, 5) is 25.2. The van der Waals surface area contributed by atoms with Gasteiger partial charge in [0, 0.05) is 17.6 Å². The first-order chi connectivity index (χ1) is 8.59. The Kier molecular flexibility index (Phi) is 2.39. The van der Waals surface area contributed by atoms with Gasteiger partial charge in [0.2, 0.25) is 5.76 Å². The molecule has 1 aromatic heterocycles. The average Bonchev–Trinajstić information content (AvgIpc) is 3.01. The lowest BCUT2D eigenvalue weighted by Gasteiger charge is -2.21. The van der Waals surface area contributed by atoms with Gasteiger partial charge in [-0.05, 0) is 26.2 Å². The molecule has 0 radical (unpaired) electrons. The molecular formula is C12H14N2O4. The third-order valence-electron chi connectivity index (χ3n) is 4.03. The highest BCUT2D eigenvalue weighted by atomic mass is 16.5. The summed E-state index contributed by atoms with van der Waals surface area (Å²) in [7, 11) is 0. The standard InChI is InChI=1S/C12H14N2O4/c1-6-5-13-18-10(6)11(15)14-7-2-3-9(14)8(4-7)12(16)17/h5,7-9H,2-4H2,1H3,(H,16,17).